The van der Waals surface area contributed by atoms with E-state index >= 15 is 0 Å². The van der Waals surface area contributed by atoms with Gasteiger partial charge in [-0.2, -0.15) is 0 Å². The molecule has 1 aromatic heterocycles. The lowest BCUT2D eigenvalue weighted by molar-refractivity contribution is -0.142. The molecule has 3 rings (SSSR count). The van der Waals surface area contributed by atoms with Crippen molar-refractivity contribution in [2.24, 2.45) is 5.92 Å². The molecule has 3 aromatic rings. The molecule has 0 aliphatic carbocycles. The first-order chi connectivity index (χ1) is 19.2. The van der Waals surface area contributed by atoms with Crippen molar-refractivity contribution >= 4 is 36.4 Å². The van der Waals surface area contributed by atoms with Crippen LogP contribution in [0.1, 0.15) is 42.3 Å². The Balaban J connectivity index is 1.79. The number of oxazole rings is 1. The van der Waals surface area contributed by atoms with Crippen LogP contribution in [0.3, 0.4) is 0 Å². The van der Waals surface area contributed by atoms with Crippen molar-refractivity contribution in [3.63, 3.8) is 0 Å². The zero-order chi connectivity index (χ0) is 30.3. The molecule has 0 fully saturated rings. The van der Waals surface area contributed by atoms with Gasteiger partial charge in [0, 0.05) is 23.2 Å². The summed E-state index contributed by atoms with van der Waals surface area (Å²) in [5, 5.41) is 28.0. The van der Waals surface area contributed by atoms with Gasteiger partial charge in [-0.25, -0.2) is 9.37 Å². The second-order valence-electron chi connectivity index (χ2n) is 10.4. The standard InChI is InChI=1S/C28H33BClFN4O6/c1-16-14-32-25(41-16)24(36)34-21(12-19(26(37)38)15-33-27(39)28(2,3)35-29(4)40)11-17-5-7-18(8-6-17)22-13-20(30)9-10-23(22)31/h5-10,13-14,19,21,35,40H,11-12,15H2,1-4H3,(H,33,39)(H,34,36)(H,37,38)/t19-,21+/m0/s1. The van der Waals surface area contributed by atoms with Crippen LogP contribution in [0.2, 0.25) is 11.8 Å². The SMILES string of the molecule is CB(O)NC(C)(C)C(=O)NC[C@H](C[C@@H](Cc1ccc(-c2cc(Cl)ccc2F)cc1)NC(=O)c1ncc(C)o1)C(=O)O. The van der Waals surface area contributed by atoms with Gasteiger partial charge in [-0.15, -0.1) is 0 Å². The van der Waals surface area contributed by atoms with E-state index in [0.717, 1.165) is 5.56 Å². The van der Waals surface area contributed by atoms with Crippen molar-refractivity contribution in [1.29, 1.82) is 0 Å². The number of aliphatic carboxylic acids is 1. The second-order valence-corrected chi connectivity index (χ2v) is 10.8. The number of halogens is 2. The van der Waals surface area contributed by atoms with Crippen LogP contribution >= 0.6 is 11.6 Å². The van der Waals surface area contributed by atoms with E-state index in [4.69, 9.17) is 16.0 Å². The molecule has 2 amide bonds. The van der Waals surface area contributed by atoms with Gasteiger partial charge < -0.3 is 30.4 Å². The number of hydrogen-bond donors (Lipinski definition) is 5. The molecule has 0 radical (unpaired) electrons. The first-order valence-corrected chi connectivity index (χ1v) is 13.4. The number of nitrogens with one attached hydrogen (secondary N) is 3. The van der Waals surface area contributed by atoms with Gasteiger partial charge in [0.1, 0.15) is 11.6 Å². The lowest BCUT2D eigenvalue weighted by Crippen LogP contribution is -2.57. The smallest absolute Gasteiger partial charge is 0.374 e. The van der Waals surface area contributed by atoms with Gasteiger partial charge in [0.05, 0.1) is 17.7 Å². The van der Waals surface area contributed by atoms with Crippen molar-refractivity contribution in [1.82, 2.24) is 20.8 Å². The Hall–Kier alpha value is -3.74. The maximum absolute atomic E-state index is 14.3. The summed E-state index contributed by atoms with van der Waals surface area (Å²) in [6.07, 6.45) is 1.60. The molecule has 1 heterocycles. The normalized spacial score (nSPS) is 12.9. The van der Waals surface area contributed by atoms with Crippen LogP contribution in [-0.4, -0.2) is 58.1 Å². The molecule has 10 nitrogen and oxygen atoms in total. The summed E-state index contributed by atoms with van der Waals surface area (Å²) in [6.45, 7) is 6.02. The van der Waals surface area contributed by atoms with Gasteiger partial charge in [0.25, 0.3) is 5.89 Å². The van der Waals surface area contributed by atoms with Crippen molar-refractivity contribution < 1.29 is 33.3 Å². The number of benzene rings is 2. The molecule has 2 aromatic carbocycles. The molecule has 0 saturated carbocycles. The van der Waals surface area contributed by atoms with Gasteiger partial charge in [0.15, 0.2) is 0 Å². The molecule has 0 saturated heterocycles. The van der Waals surface area contributed by atoms with E-state index in [-0.39, 0.29) is 25.3 Å². The molecular formula is C28H33BClFN4O6. The minimum atomic E-state index is -1.16. The highest BCUT2D eigenvalue weighted by molar-refractivity contribution is 6.46. The summed E-state index contributed by atoms with van der Waals surface area (Å²) in [4.78, 5) is 41.6. The maximum atomic E-state index is 14.3. The van der Waals surface area contributed by atoms with Crippen molar-refractivity contribution in [3.05, 3.63) is 76.7 Å². The number of carboxylic acids is 1. The first kappa shape index (κ1) is 31.8. The number of aryl methyl sites for hydroxylation is 1. The number of carbonyl (C=O) groups excluding carboxylic acids is 2. The summed E-state index contributed by atoms with van der Waals surface area (Å²) in [7, 11) is -0.953. The zero-order valence-electron chi connectivity index (χ0n) is 23.2. The zero-order valence-corrected chi connectivity index (χ0v) is 24.0. The number of nitrogens with zero attached hydrogens (tertiary/aromatic N) is 1. The molecule has 0 bridgehead atoms. The average molecular weight is 587 g/mol. The summed E-state index contributed by atoms with van der Waals surface area (Å²) in [5.74, 6) is -3.48. The van der Waals surface area contributed by atoms with E-state index in [0.29, 0.717) is 21.9 Å². The Kier molecular flexibility index (Phi) is 10.7. The largest absolute Gasteiger partial charge is 0.481 e. The van der Waals surface area contributed by atoms with Crippen molar-refractivity contribution in [2.45, 2.75) is 52.0 Å². The van der Waals surface area contributed by atoms with Crippen LogP contribution in [0, 0.1) is 18.7 Å². The summed E-state index contributed by atoms with van der Waals surface area (Å²) in [6, 6.07) is 10.5. The highest BCUT2D eigenvalue weighted by atomic mass is 35.5. The maximum Gasteiger partial charge on any atom is 0.374 e. The number of aromatic nitrogens is 1. The molecule has 2 atom stereocenters. The minimum Gasteiger partial charge on any atom is -0.481 e. The Labute approximate surface area is 242 Å². The number of carboxylic acid groups (broad SMARTS) is 1. The van der Waals surface area contributed by atoms with E-state index in [9.17, 15) is 28.9 Å². The topological polar surface area (TPSA) is 154 Å². The molecule has 0 aliphatic heterocycles. The predicted octanol–water partition coefficient (Wildman–Crippen LogP) is 3.47. The van der Waals surface area contributed by atoms with Crippen LogP contribution in [0.25, 0.3) is 11.1 Å². The molecule has 5 N–H and O–H groups in total. The molecule has 0 aliphatic rings. The lowest BCUT2D eigenvalue weighted by Gasteiger charge is -2.27. The third-order valence-corrected chi connectivity index (χ3v) is 6.63. The molecule has 0 unspecified atom stereocenters. The minimum absolute atomic E-state index is 0.0318. The van der Waals surface area contributed by atoms with E-state index in [1.54, 1.807) is 45.0 Å². The fourth-order valence-corrected chi connectivity index (χ4v) is 4.54. The monoisotopic (exact) mass is 586 g/mol. The van der Waals surface area contributed by atoms with Gasteiger partial charge in [0.2, 0.25) is 5.91 Å². The van der Waals surface area contributed by atoms with Gasteiger partial charge in [-0.1, -0.05) is 35.9 Å². The fraction of sp³-hybridized carbons (Fsp3) is 0.357. The number of rotatable bonds is 13. The highest BCUT2D eigenvalue weighted by Crippen LogP contribution is 2.27. The van der Waals surface area contributed by atoms with E-state index < -0.39 is 48.2 Å². The van der Waals surface area contributed by atoms with E-state index in [1.165, 1.54) is 31.2 Å². The Morgan fingerprint density at radius 2 is 1.85 bits per heavy atom. The summed E-state index contributed by atoms with van der Waals surface area (Å²) < 4.78 is 19.6. The predicted molar refractivity (Wildman–Crippen MR) is 153 cm³/mol. The number of hydrogen-bond acceptors (Lipinski definition) is 7. The van der Waals surface area contributed by atoms with Crippen molar-refractivity contribution in [2.75, 3.05) is 6.54 Å². The van der Waals surface area contributed by atoms with Gasteiger partial charge in [-0.3, -0.25) is 14.4 Å². The lowest BCUT2D eigenvalue weighted by atomic mass is 9.83. The van der Waals surface area contributed by atoms with Gasteiger partial charge >= 0.3 is 18.9 Å². The Morgan fingerprint density at radius 3 is 2.44 bits per heavy atom. The van der Waals surface area contributed by atoms with Crippen LogP contribution in [0.4, 0.5) is 4.39 Å². The van der Waals surface area contributed by atoms with Crippen LogP contribution in [-0.2, 0) is 16.0 Å². The molecule has 0 spiro atoms. The molecule has 41 heavy (non-hydrogen) atoms. The van der Waals surface area contributed by atoms with Gasteiger partial charge in [-0.05, 0) is 69.8 Å². The van der Waals surface area contributed by atoms with Crippen LogP contribution in [0.5, 0.6) is 0 Å². The van der Waals surface area contributed by atoms with E-state index in [2.05, 4.69) is 20.8 Å². The third kappa shape index (κ3) is 9.14. The quantitative estimate of drug-likeness (QED) is 0.191. The molecular weight excluding hydrogens is 554 g/mol. The Bertz CT molecular complexity index is 1380. The van der Waals surface area contributed by atoms with Crippen LogP contribution in [0.15, 0.2) is 53.1 Å². The first-order valence-electron chi connectivity index (χ1n) is 13.0. The number of carbonyl (C=O) groups is 3. The average Bonchev–Trinajstić information content (AvgIpc) is 3.33. The highest BCUT2D eigenvalue weighted by Gasteiger charge is 2.32. The van der Waals surface area contributed by atoms with Crippen molar-refractivity contribution in [3.8, 4) is 11.1 Å². The summed E-state index contributed by atoms with van der Waals surface area (Å²) in [5.41, 5.74) is 0.533. The number of amides is 2. The molecule has 218 valence electrons. The second kappa shape index (κ2) is 13.8. The summed E-state index contributed by atoms with van der Waals surface area (Å²) >= 11 is 6.02. The fourth-order valence-electron chi connectivity index (χ4n) is 4.36. The Morgan fingerprint density at radius 1 is 1.17 bits per heavy atom. The third-order valence-electron chi connectivity index (χ3n) is 6.39. The molecule has 13 heteroatoms. The van der Waals surface area contributed by atoms with E-state index in [1.807, 2.05) is 0 Å². The van der Waals surface area contributed by atoms with Crippen LogP contribution < -0.4 is 15.9 Å².